The van der Waals surface area contributed by atoms with Gasteiger partial charge in [0.05, 0.1) is 51.5 Å². The van der Waals surface area contributed by atoms with E-state index >= 15 is 0 Å². The second-order valence-electron chi connectivity index (χ2n) is 33.8. The van der Waals surface area contributed by atoms with Crippen molar-refractivity contribution in [2.75, 3.05) is 39.8 Å². The van der Waals surface area contributed by atoms with Crippen molar-refractivity contribution in [3.63, 3.8) is 0 Å². The molecule has 7 aliphatic rings. The van der Waals surface area contributed by atoms with Crippen molar-refractivity contribution in [2.24, 2.45) is 5.92 Å². The normalized spacial score (nSPS) is 21.0. The van der Waals surface area contributed by atoms with Gasteiger partial charge in [0.2, 0.25) is 0 Å². The number of urea groups is 5. The van der Waals surface area contributed by atoms with Crippen LogP contribution in [0.5, 0.6) is 5.75 Å². The van der Waals surface area contributed by atoms with Gasteiger partial charge in [-0.25, -0.2) is 28.4 Å². The van der Waals surface area contributed by atoms with Crippen LogP contribution < -0.4 is 31.3 Å². The Bertz CT molecular complexity index is 5250. The minimum Gasteiger partial charge on any atom is -0.497 e. The molecule has 14 rings (SSSR count). The number of halogens is 1. The van der Waals surface area contributed by atoms with Crippen LogP contribution in [0.15, 0.2) is 170 Å². The van der Waals surface area contributed by atoms with Crippen molar-refractivity contribution in [3.8, 4) is 11.8 Å². The Balaban J connectivity index is 0.000000163. The van der Waals surface area contributed by atoms with Gasteiger partial charge >= 0.3 is 30.2 Å². The van der Waals surface area contributed by atoms with E-state index in [0.717, 1.165) is 101 Å². The van der Waals surface area contributed by atoms with Gasteiger partial charge in [0.25, 0.3) is 29.5 Å². The van der Waals surface area contributed by atoms with Crippen molar-refractivity contribution in [1.82, 2.24) is 51.1 Å². The summed E-state index contributed by atoms with van der Waals surface area (Å²) in [6, 6.07) is 50.0. The molecule has 28 heteroatoms. The van der Waals surface area contributed by atoms with E-state index < -0.39 is 69.7 Å². The number of hydrogen-bond acceptors (Lipinski definition) is 17. The number of nitriles is 1. The first-order valence-electron chi connectivity index (χ1n) is 41.8. The monoisotopic (exact) mass is 1690 g/mol. The van der Waals surface area contributed by atoms with Crippen LogP contribution in [0.4, 0.5) is 28.4 Å². The molecular weight excluding hydrogens is 1580 g/mol. The van der Waals surface area contributed by atoms with Crippen molar-refractivity contribution in [3.05, 3.63) is 242 Å². The van der Waals surface area contributed by atoms with Gasteiger partial charge in [0.1, 0.15) is 39.3 Å². The van der Waals surface area contributed by atoms with Crippen LogP contribution in [0, 0.1) is 50.8 Å². The molecule has 27 nitrogen and oxygen atoms in total. The maximum atomic E-state index is 13.0. The summed E-state index contributed by atoms with van der Waals surface area (Å²) in [5.41, 5.74) is 5.55. The Morgan fingerprint density at radius 2 is 0.815 bits per heavy atom. The van der Waals surface area contributed by atoms with Crippen LogP contribution in [-0.4, -0.2) is 175 Å². The number of rotatable bonds is 26. The van der Waals surface area contributed by atoms with E-state index in [1.54, 1.807) is 57.2 Å². The fraction of sp³-hybridized carbons (Fsp3) is 0.396. The van der Waals surface area contributed by atoms with Crippen LogP contribution >= 0.6 is 0 Å². The molecule has 7 fully saturated rings. The zero-order chi connectivity index (χ0) is 90.0. The average Bonchev–Trinajstić information content (AvgIpc) is 1.62. The molecule has 3 unspecified atom stereocenters. The molecule has 2 saturated carbocycles. The Hall–Kier alpha value is -13.2. The number of Topliss-reactive ketones (excluding diaryl/α,β-unsaturated/α-hetero) is 5. The molecule has 7 aromatic carbocycles. The summed E-state index contributed by atoms with van der Waals surface area (Å²) in [5.74, 6) is -1.92. The standard InChI is InChI=1S/C22H21N3O4.C21H21FN2O3.C19H24N2O3.C18H22N2O3.C16H20N2O3/c1-14-7-8-15(16(9-14)12-23)10-18(26)13-25-20(27)22(2,24-21(25)28)17-5-4-6-19(11-17)29-3;1-21(12-11-15-5-3-2-4-6-15)19(26)24(20(27)23-21)14-18(25)13-16-7-9-17(22)10-8-16;1-13-3-5-15(6-4-13)11-16(22)12-21-17(23)19(20-18(21)24)9-7-14(2)8-10-19;1-13-5-7-14(8-6-13)11-15(21)12-20-16(22)18(19-17(20)23)9-3-2-4-10-18;1-4-16(3)14(20)18(15(21)17-16)10-13(19)9-12-7-5-11(2)6-8-12/h4-9,11H,10,13H2,1-3H3,(H,24,28);2-10H,11-14H2,1H3,(H,23,27);3-6,14H,7-12H2,1-2H3,(H,20,24);5-8H,2-4,9-12H2,1H3,(H,19,23);5-8H,4,9-10H2,1-3H3,(H,17,21). The fourth-order valence-electron chi connectivity index (χ4n) is 15.9. The molecule has 650 valence electrons. The van der Waals surface area contributed by atoms with Crippen molar-refractivity contribution < 1.29 is 81.0 Å². The highest BCUT2D eigenvalue weighted by Crippen LogP contribution is 2.38. The van der Waals surface area contributed by atoms with E-state index in [2.05, 4.69) is 39.6 Å². The molecular formula is C96H108FN11O16. The van der Waals surface area contributed by atoms with Crippen LogP contribution in [0.2, 0.25) is 0 Å². The number of imide groups is 5. The zero-order valence-corrected chi connectivity index (χ0v) is 71.9. The summed E-state index contributed by atoms with van der Waals surface area (Å²) in [7, 11) is 1.52. The van der Waals surface area contributed by atoms with Crippen LogP contribution in [0.3, 0.4) is 0 Å². The molecule has 0 radical (unpaired) electrons. The molecule has 15 amide bonds. The largest absolute Gasteiger partial charge is 0.497 e. The van der Waals surface area contributed by atoms with E-state index in [9.17, 15) is 81.6 Å². The van der Waals surface area contributed by atoms with Gasteiger partial charge in [0.15, 0.2) is 28.9 Å². The minimum atomic E-state index is -1.28. The van der Waals surface area contributed by atoms with Gasteiger partial charge in [-0.2, -0.15) is 5.26 Å². The third kappa shape index (κ3) is 23.1. The number of nitrogens with one attached hydrogen (secondary N) is 5. The second kappa shape index (κ2) is 40.7. The van der Waals surface area contributed by atoms with Crippen molar-refractivity contribution in [1.29, 1.82) is 5.26 Å². The molecule has 3 atom stereocenters. The molecule has 5 heterocycles. The predicted octanol–water partition coefficient (Wildman–Crippen LogP) is 12.1. The summed E-state index contributed by atoms with van der Waals surface area (Å²) >= 11 is 0. The van der Waals surface area contributed by atoms with Crippen LogP contribution in [0.1, 0.15) is 172 Å². The first kappa shape index (κ1) is 93.1. The summed E-state index contributed by atoms with van der Waals surface area (Å²) in [5, 5.41) is 23.0. The molecule has 2 spiro atoms. The highest BCUT2D eigenvalue weighted by atomic mass is 19.1. The zero-order valence-electron chi connectivity index (χ0n) is 71.9. The minimum absolute atomic E-state index is 0.0316. The molecule has 0 aromatic heterocycles. The molecule has 2 aliphatic carbocycles. The van der Waals surface area contributed by atoms with Gasteiger partial charge in [-0.3, -0.25) is 72.4 Å². The van der Waals surface area contributed by atoms with Gasteiger partial charge < -0.3 is 31.3 Å². The number of methoxy groups -OCH3 is 1. The highest BCUT2D eigenvalue weighted by molar-refractivity contribution is 6.13. The first-order valence-corrected chi connectivity index (χ1v) is 41.8. The van der Waals surface area contributed by atoms with Crippen LogP contribution in [0.25, 0.3) is 0 Å². The quantitative estimate of drug-likeness (QED) is 0.0314. The molecule has 7 aromatic rings. The average molecular weight is 1690 g/mol. The van der Waals surface area contributed by atoms with Crippen LogP contribution in [-0.2, 0) is 92.0 Å². The summed E-state index contributed by atoms with van der Waals surface area (Å²) in [4.78, 5) is 191. The smallest absolute Gasteiger partial charge is 0.325 e. The number of benzene rings is 7. The Kier molecular flexibility index (Phi) is 30.5. The van der Waals surface area contributed by atoms with E-state index in [4.69, 9.17) is 4.74 Å². The molecule has 124 heavy (non-hydrogen) atoms. The number of hydrogen-bond donors (Lipinski definition) is 5. The van der Waals surface area contributed by atoms with Crippen molar-refractivity contribution >= 4 is 88.6 Å². The van der Waals surface area contributed by atoms with E-state index in [-0.39, 0.29) is 117 Å². The fourth-order valence-corrected chi connectivity index (χ4v) is 15.9. The number of ether oxygens (including phenoxy) is 1. The Labute approximate surface area is 721 Å². The summed E-state index contributed by atoms with van der Waals surface area (Å²) in [6.45, 7) is 15.7. The third-order valence-electron chi connectivity index (χ3n) is 23.7. The number of aryl methyl sites for hydroxylation is 5. The second-order valence-corrected chi connectivity index (χ2v) is 33.8. The van der Waals surface area contributed by atoms with E-state index in [1.165, 1.54) is 31.4 Å². The number of nitrogens with zero attached hydrogens (tertiary/aromatic N) is 6. The van der Waals surface area contributed by atoms with Gasteiger partial charge in [-0.05, 0) is 187 Å². The number of carbonyl (C=O) groups is 15. The van der Waals surface area contributed by atoms with Gasteiger partial charge in [-0.15, -0.1) is 0 Å². The topological polar surface area (TPSA) is 365 Å². The number of ketones is 5. The molecule has 5 saturated heterocycles. The van der Waals surface area contributed by atoms with Gasteiger partial charge in [0, 0.05) is 32.1 Å². The Morgan fingerprint density at radius 3 is 1.25 bits per heavy atom. The molecule has 0 bridgehead atoms. The lowest BCUT2D eigenvalue weighted by molar-refractivity contribution is -0.135. The van der Waals surface area contributed by atoms with E-state index in [0.29, 0.717) is 78.9 Å². The maximum Gasteiger partial charge on any atom is 0.325 e. The molecule has 5 aliphatic heterocycles. The summed E-state index contributed by atoms with van der Waals surface area (Å²) < 4.78 is 18.1. The third-order valence-corrected chi connectivity index (χ3v) is 23.7. The lowest BCUT2D eigenvalue weighted by Crippen LogP contribution is -2.49. The highest BCUT2D eigenvalue weighted by Gasteiger charge is 2.55. The Morgan fingerprint density at radius 1 is 0.427 bits per heavy atom. The lowest BCUT2D eigenvalue weighted by atomic mass is 9.77. The number of amides is 15. The SMILES string of the molecule is CC1(CCc2ccccc2)NC(=O)N(CC(=O)Cc2ccc(F)cc2)C1=O.CCC1(C)NC(=O)N(CC(=O)Cc2ccc(C)cc2)C1=O.COc1cccc(C2(C)NC(=O)N(CC(=O)Cc3ccc(C)cc3C#N)C2=O)c1.Cc1ccc(CC(=O)CN2C(=O)NC3(CCC(C)CC3)C2=O)cc1.Cc1ccc(CC(=O)CN2C(=O)NC3(CCCCC3)C2=O)cc1. The van der Waals surface area contributed by atoms with Gasteiger partial charge in [-0.1, -0.05) is 189 Å². The summed E-state index contributed by atoms with van der Waals surface area (Å²) in [6.07, 6.45) is 9.83. The predicted molar refractivity (Wildman–Crippen MR) is 459 cm³/mol. The van der Waals surface area contributed by atoms with E-state index in [1.807, 2.05) is 144 Å². The first-order chi connectivity index (χ1) is 58.9. The lowest BCUT2D eigenvalue weighted by Gasteiger charge is -2.33. The number of carbonyl (C=O) groups excluding carboxylic acids is 15. The maximum absolute atomic E-state index is 13.0. The van der Waals surface area contributed by atoms with Crippen molar-refractivity contribution in [2.45, 2.75) is 199 Å². The molecule has 5 N–H and O–H groups in total.